The normalized spacial score (nSPS) is 13.9. The molecule has 6 nitrogen and oxygen atoms in total. The molecule has 0 aliphatic rings. The van der Waals surface area contributed by atoms with Crippen molar-refractivity contribution in [3.05, 3.63) is 11.9 Å². The molecule has 0 bridgehead atoms. The lowest BCUT2D eigenvalue weighted by atomic mass is 9.98. The average Bonchev–Trinajstić information content (AvgIpc) is 2.77. The molecule has 0 amide bonds. The summed E-state index contributed by atoms with van der Waals surface area (Å²) in [5, 5.41) is 14.8. The lowest BCUT2D eigenvalue weighted by Crippen LogP contribution is -2.34. The van der Waals surface area contributed by atoms with E-state index in [9.17, 15) is 5.11 Å². The van der Waals surface area contributed by atoms with Gasteiger partial charge in [0.05, 0.1) is 25.5 Å². The Kier molecular flexibility index (Phi) is 5.34. The molecule has 0 aromatic carbocycles. The van der Waals surface area contributed by atoms with E-state index in [2.05, 4.69) is 10.00 Å². The van der Waals surface area contributed by atoms with E-state index in [0.717, 1.165) is 6.54 Å². The van der Waals surface area contributed by atoms with Crippen LogP contribution >= 0.6 is 0 Å². The van der Waals surface area contributed by atoms with Crippen molar-refractivity contribution in [3.8, 4) is 5.75 Å². The lowest BCUT2D eigenvalue weighted by molar-refractivity contribution is -0.0834. The summed E-state index contributed by atoms with van der Waals surface area (Å²) in [5.74, 6) is 0.580. The van der Waals surface area contributed by atoms with Crippen molar-refractivity contribution in [2.45, 2.75) is 32.1 Å². The minimum absolute atomic E-state index is 0.580. The van der Waals surface area contributed by atoms with Gasteiger partial charge in [-0.2, -0.15) is 5.10 Å². The number of methoxy groups -OCH3 is 2. The number of nitrogens with zero attached hydrogens (tertiary/aromatic N) is 3. The SMILES string of the molecule is COc1cnn(CCN(C)C)c1C(O)C(C)(C)OC. The van der Waals surface area contributed by atoms with E-state index >= 15 is 0 Å². The second-order valence-electron chi connectivity index (χ2n) is 5.33. The van der Waals surface area contributed by atoms with Crippen molar-refractivity contribution < 1.29 is 14.6 Å². The van der Waals surface area contributed by atoms with Gasteiger partial charge in [-0.05, 0) is 27.9 Å². The zero-order valence-corrected chi connectivity index (χ0v) is 12.7. The highest BCUT2D eigenvalue weighted by molar-refractivity contribution is 5.29. The van der Waals surface area contributed by atoms with Crippen LogP contribution in [0, 0.1) is 0 Å². The van der Waals surface area contributed by atoms with Gasteiger partial charge in [-0.1, -0.05) is 0 Å². The summed E-state index contributed by atoms with van der Waals surface area (Å²) in [6.45, 7) is 5.18. The fraction of sp³-hybridized carbons (Fsp3) is 0.769. The molecule has 0 fully saturated rings. The zero-order valence-electron chi connectivity index (χ0n) is 12.7. The van der Waals surface area contributed by atoms with Gasteiger partial charge in [-0.15, -0.1) is 0 Å². The molecule has 1 heterocycles. The molecule has 1 rings (SSSR count). The van der Waals surface area contributed by atoms with Gasteiger partial charge in [0, 0.05) is 13.7 Å². The quantitative estimate of drug-likeness (QED) is 0.799. The number of hydrogen-bond donors (Lipinski definition) is 1. The Hall–Kier alpha value is -1.11. The van der Waals surface area contributed by atoms with Gasteiger partial charge in [0.15, 0.2) is 5.75 Å². The maximum Gasteiger partial charge on any atom is 0.162 e. The third-order valence-corrected chi connectivity index (χ3v) is 3.27. The van der Waals surface area contributed by atoms with Crippen LogP contribution in [0.2, 0.25) is 0 Å². The molecule has 0 saturated heterocycles. The molecular weight excluding hydrogens is 246 g/mol. The average molecular weight is 271 g/mol. The lowest BCUT2D eigenvalue weighted by Gasteiger charge is -2.30. The molecule has 1 atom stereocenters. The minimum atomic E-state index is -0.808. The van der Waals surface area contributed by atoms with Crippen molar-refractivity contribution in [3.63, 3.8) is 0 Å². The first-order chi connectivity index (χ1) is 8.83. The smallest absolute Gasteiger partial charge is 0.162 e. The van der Waals surface area contributed by atoms with Gasteiger partial charge < -0.3 is 19.5 Å². The molecule has 110 valence electrons. The highest BCUT2D eigenvalue weighted by Gasteiger charge is 2.34. The maximum atomic E-state index is 10.5. The van der Waals surface area contributed by atoms with E-state index < -0.39 is 11.7 Å². The monoisotopic (exact) mass is 271 g/mol. The van der Waals surface area contributed by atoms with Crippen molar-refractivity contribution in [1.29, 1.82) is 0 Å². The van der Waals surface area contributed by atoms with Crippen LogP contribution in [0.15, 0.2) is 6.20 Å². The number of aliphatic hydroxyl groups excluding tert-OH is 1. The second kappa shape index (κ2) is 6.36. The maximum absolute atomic E-state index is 10.5. The number of rotatable bonds is 7. The van der Waals surface area contributed by atoms with E-state index in [-0.39, 0.29) is 0 Å². The molecular formula is C13H25N3O3. The van der Waals surface area contributed by atoms with Crippen LogP contribution in [0.4, 0.5) is 0 Å². The van der Waals surface area contributed by atoms with Crippen LogP contribution in [-0.2, 0) is 11.3 Å². The molecule has 0 aliphatic heterocycles. The topological polar surface area (TPSA) is 59.8 Å². The summed E-state index contributed by atoms with van der Waals surface area (Å²) in [6.07, 6.45) is 0.817. The van der Waals surface area contributed by atoms with Gasteiger partial charge in [-0.25, -0.2) is 0 Å². The Morgan fingerprint density at radius 2 is 2.05 bits per heavy atom. The summed E-state index contributed by atoms with van der Waals surface area (Å²) < 4.78 is 12.4. The van der Waals surface area contributed by atoms with Crippen LogP contribution in [-0.4, -0.2) is 60.2 Å². The first kappa shape index (κ1) is 15.9. The Morgan fingerprint density at radius 3 is 2.53 bits per heavy atom. The van der Waals surface area contributed by atoms with Crippen LogP contribution in [0.25, 0.3) is 0 Å². The molecule has 1 unspecified atom stereocenters. The van der Waals surface area contributed by atoms with E-state index in [4.69, 9.17) is 9.47 Å². The van der Waals surface area contributed by atoms with E-state index in [0.29, 0.717) is 18.0 Å². The van der Waals surface area contributed by atoms with Crippen LogP contribution in [0.5, 0.6) is 5.75 Å². The third-order valence-electron chi connectivity index (χ3n) is 3.27. The number of aliphatic hydroxyl groups is 1. The van der Waals surface area contributed by atoms with E-state index in [1.807, 2.05) is 27.9 Å². The predicted octanol–water partition coefficient (Wildman–Crippen LogP) is 0.912. The second-order valence-corrected chi connectivity index (χ2v) is 5.33. The van der Waals surface area contributed by atoms with Gasteiger partial charge >= 0.3 is 0 Å². The summed E-state index contributed by atoms with van der Waals surface area (Å²) in [6, 6.07) is 0. The standard InChI is InChI=1S/C13H25N3O3/c1-13(2,19-6)12(17)11-10(18-5)9-14-16(11)8-7-15(3)4/h9,12,17H,7-8H2,1-6H3. The fourth-order valence-electron chi connectivity index (χ4n) is 1.72. The minimum Gasteiger partial charge on any atom is -0.493 e. The summed E-state index contributed by atoms with van der Waals surface area (Å²) >= 11 is 0. The molecule has 0 radical (unpaired) electrons. The Morgan fingerprint density at radius 1 is 1.42 bits per heavy atom. The molecule has 6 heteroatoms. The molecule has 0 aliphatic carbocycles. The highest BCUT2D eigenvalue weighted by atomic mass is 16.5. The number of hydrogen-bond acceptors (Lipinski definition) is 5. The zero-order chi connectivity index (χ0) is 14.6. The third kappa shape index (κ3) is 3.68. The largest absolute Gasteiger partial charge is 0.493 e. The summed E-state index contributed by atoms with van der Waals surface area (Å²) in [7, 11) is 7.14. The van der Waals surface area contributed by atoms with Crippen molar-refractivity contribution >= 4 is 0 Å². The molecule has 19 heavy (non-hydrogen) atoms. The van der Waals surface area contributed by atoms with Crippen LogP contribution < -0.4 is 4.74 Å². The molecule has 1 aromatic rings. The summed E-state index contributed by atoms with van der Waals surface area (Å²) in [4.78, 5) is 2.06. The first-order valence-corrected chi connectivity index (χ1v) is 6.31. The predicted molar refractivity (Wildman–Crippen MR) is 73.4 cm³/mol. The van der Waals surface area contributed by atoms with Crippen molar-refractivity contribution in [2.24, 2.45) is 0 Å². The summed E-state index contributed by atoms with van der Waals surface area (Å²) in [5.41, 5.74) is -0.0559. The first-order valence-electron chi connectivity index (χ1n) is 6.31. The number of aromatic nitrogens is 2. The van der Waals surface area contributed by atoms with E-state index in [1.54, 1.807) is 25.1 Å². The molecule has 1 N–H and O–H groups in total. The number of likely N-dealkylation sites (N-methyl/N-ethyl adjacent to an activating group) is 1. The van der Waals surface area contributed by atoms with Gasteiger partial charge in [0.25, 0.3) is 0 Å². The fourth-order valence-corrected chi connectivity index (χ4v) is 1.72. The Bertz CT molecular complexity index is 402. The van der Waals surface area contributed by atoms with E-state index in [1.165, 1.54) is 0 Å². The van der Waals surface area contributed by atoms with Gasteiger partial charge in [0.2, 0.25) is 0 Å². The van der Waals surface area contributed by atoms with Crippen LogP contribution in [0.1, 0.15) is 25.6 Å². The Balaban J connectivity index is 3.05. The molecule has 0 saturated carbocycles. The van der Waals surface area contributed by atoms with Gasteiger partial charge in [-0.3, -0.25) is 4.68 Å². The van der Waals surface area contributed by atoms with Crippen molar-refractivity contribution in [2.75, 3.05) is 34.9 Å². The Labute approximate surface area is 114 Å². The number of ether oxygens (including phenoxy) is 2. The highest BCUT2D eigenvalue weighted by Crippen LogP contribution is 2.33. The molecule has 1 aromatic heterocycles. The molecule has 0 spiro atoms. The van der Waals surface area contributed by atoms with Crippen LogP contribution in [0.3, 0.4) is 0 Å². The van der Waals surface area contributed by atoms with Crippen molar-refractivity contribution in [1.82, 2.24) is 14.7 Å². The van der Waals surface area contributed by atoms with Gasteiger partial charge in [0.1, 0.15) is 11.8 Å².